The van der Waals surface area contributed by atoms with Crippen LogP contribution in [0.1, 0.15) is 11.9 Å². The fourth-order valence-corrected chi connectivity index (χ4v) is 3.65. The number of anilines is 1. The molecule has 0 aliphatic heterocycles. The van der Waals surface area contributed by atoms with Crippen LogP contribution < -0.4 is 10.2 Å². The monoisotopic (exact) mass is 371 g/mol. The van der Waals surface area contributed by atoms with Gasteiger partial charge in [0.25, 0.3) is 11.6 Å². The number of carbonyl (C=O) groups is 1. The van der Waals surface area contributed by atoms with Crippen LogP contribution in [0.2, 0.25) is 0 Å². The molecule has 8 heteroatoms. The lowest BCUT2D eigenvalue weighted by molar-refractivity contribution is -0.907. The lowest BCUT2D eigenvalue weighted by Gasteiger charge is -2.20. The molecule has 3 aromatic rings. The third kappa shape index (κ3) is 3.87. The second kappa shape index (κ2) is 7.59. The molecule has 2 aromatic carbocycles. The third-order valence-electron chi connectivity index (χ3n) is 4.26. The summed E-state index contributed by atoms with van der Waals surface area (Å²) in [5.74, 6) is -0.266. The number of likely N-dealkylation sites (N-methyl/N-ethyl adjacent to an activating group) is 1. The van der Waals surface area contributed by atoms with E-state index in [0.29, 0.717) is 6.54 Å². The van der Waals surface area contributed by atoms with Crippen LogP contribution in [0.4, 0.5) is 11.4 Å². The minimum Gasteiger partial charge on any atom is -0.322 e. The number of hydrogen-bond donors (Lipinski definition) is 2. The Morgan fingerprint density at radius 1 is 1.27 bits per heavy atom. The first kappa shape index (κ1) is 18.0. The zero-order chi connectivity index (χ0) is 18.7. The topological polar surface area (TPSA) is 89.6 Å². The van der Waals surface area contributed by atoms with Crippen molar-refractivity contribution in [3.8, 4) is 0 Å². The van der Waals surface area contributed by atoms with Crippen LogP contribution in [0.15, 0.2) is 48.5 Å². The molecule has 1 unspecified atom stereocenters. The van der Waals surface area contributed by atoms with Gasteiger partial charge in [0.1, 0.15) is 17.2 Å². The average molecular weight is 371 g/mol. The molecule has 0 saturated heterocycles. The lowest BCUT2D eigenvalue weighted by atomic mass is 10.2. The number of benzene rings is 2. The van der Waals surface area contributed by atoms with Crippen molar-refractivity contribution in [1.29, 1.82) is 0 Å². The molecule has 0 aliphatic carbocycles. The summed E-state index contributed by atoms with van der Waals surface area (Å²) in [6.07, 6.45) is 0. The van der Waals surface area contributed by atoms with E-state index in [1.54, 1.807) is 30.4 Å². The van der Waals surface area contributed by atoms with Gasteiger partial charge in [-0.25, -0.2) is 4.98 Å². The molecule has 0 spiro atoms. The number of amides is 1. The number of rotatable bonds is 6. The van der Waals surface area contributed by atoms with Gasteiger partial charge < -0.3 is 10.2 Å². The summed E-state index contributed by atoms with van der Waals surface area (Å²) in [7, 11) is 1.91. The third-order valence-corrected chi connectivity index (χ3v) is 5.30. The van der Waals surface area contributed by atoms with Crippen molar-refractivity contribution < 1.29 is 14.6 Å². The van der Waals surface area contributed by atoms with E-state index < -0.39 is 4.92 Å². The highest BCUT2D eigenvalue weighted by molar-refractivity contribution is 7.18. The van der Waals surface area contributed by atoms with Crippen LogP contribution in [0.25, 0.3) is 10.2 Å². The van der Waals surface area contributed by atoms with E-state index in [1.165, 1.54) is 12.1 Å². The Kier molecular flexibility index (Phi) is 5.24. The summed E-state index contributed by atoms with van der Waals surface area (Å²) >= 11 is 1.61. The summed E-state index contributed by atoms with van der Waals surface area (Å²) in [4.78, 5) is 28.6. The van der Waals surface area contributed by atoms with Crippen molar-refractivity contribution in [1.82, 2.24) is 4.98 Å². The van der Waals surface area contributed by atoms with Crippen molar-refractivity contribution in [2.75, 3.05) is 12.4 Å². The van der Waals surface area contributed by atoms with Gasteiger partial charge in [-0.1, -0.05) is 24.3 Å². The molecular formula is C18H19N4O3S+. The first-order valence-corrected chi connectivity index (χ1v) is 8.98. The van der Waals surface area contributed by atoms with Crippen LogP contribution in [-0.4, -0.2) is 28.9 Å². The van der Waals surface area contributed by atoms with E-state index in [9.17, 15) is 14.9 Å². The van der Waals surface area contributed by atoms with E-state index in [-0.39, 0.29) is 23.3 Å². The Morgan fingerprint density at radius 3 is 2.69 bits per heavy atom. The zero-order valence-corrected chi connectivity index (χ0v) is 15.2. The van der Waals surface area contributed by atoms with Crippen LogP contribution in [0.3, 0.4) is 0 Å². The molecule has 0 saturated carbocycles. The number of thiazole rings is 1. The van der Waals surface area contributed by atoms with Gasteiger partial charge in [0.15, 0.2) is 6.04 Å². The van der Waals surface area contributed by atoms with E-state index in [4.69, 9.17) is 0 Å². The Hall–Kier alpha value is -2.84. The van der Waals surface area contributed by atoms with Crippen molar-refractivity contribution in [2.45, 2.75) is 19.5 Å². The summed E-state index contributed by atoms with van der Waals surface area (Å²) in [6.45, 7) is 2.40. The quantitative estimate of drug-likeness (QED) is 0.514. The fraction of sp³-hybridized carbons (Fsp3) is 0.222. The summed E-state index contributed by atoms with van der Waals surface area (Å²) in [5, 5.41) is 14.7. The van der Waals surface area contributed by atoms with E-state index >= 15 is 0 Å². The van der Waals surface area contributed by atoms with Crippen LogP contribution in [0.5, 0.6) is 0 Å². The summed E-state index contributed by atoms with van der Waals surface area (Å²) in [5.41, 5.74) is 1.05. The second-order valence-corrected chi connectivity index (χ2v) is 7.20. The van der Waals surface area contributed by atoms with Gasteiger partial charge in [-0.15, -0.1) is 11.3 Å². The normalized spacial score (nSPS) is 13.3. The number of carbonyl (C=O) groups excluding carboxylic acids is 1. The average Bonchev–Trinajstić information content (AvgIpc) is 3.03. The first-order chi connectivity index (χ1) is 12.5. The Labute approximate surface area is 154 Å². The molecule has 134 valence electrons. The van der Waals surface area contributed by atoms with Crippen LogP contribution in [0, 0.1) is 10.1 Å². The number of hydrogen-bond acceptors (Lipinski definition) is 5. The molecule has 0 bridgehead atoms. The van der Waals surface area contributed by atoms with Crippen molar-refractivity contribution in [2.24, 2.45) is 0 Å². The molecule has 1 aromatic heterocycles. The van der Waals surface area contributed by atoms with Gasteiger partial charge in [0.05, 0.1) is 22.2 Å². The molecule has 1 amide bonds. The van der Waals surface area contributed by atoms with Crippen LogP contribution in [-0.2, 0) is 11.3 Å². The number of nitrogens with one attached hydrogen (secondary N) is 2. The van der Waals surface area contributed by atoms with E-state index in [1.807, 2.05) is 31.3 Å². The van der Waals surface area contributed by atoms with Crippen LogP contribution >= 0.6 is 11.3 Å². The Morgan fingerprint density at radius 2 is 1.96 bits per heavy atom. The molecule has 0 fully saturated rings. The molecular weight excluding hydrogens is 352 g/mol. The van der Waals surface area contributed by atoms with Crippen molar-refractivity contribution in [3.63, 3.8) is 0 Å². The second-order valence-electron chi connectivity index (χ2n) is 6.08. The molecule has 0 aliphatic rings. The number of nitro benzene ring substituents is 1. The van der Waals surface area contributed by atoms with Gasteiger partial charge in [-0.3, -0.25) is 14.9 Å². The van der Waals surface area contributed by atoms with Crippen molar-refractivity contribution in [3.05, 3.63) is 63.7 Å². The number of aromatic nitrogens is 1. The molecule has 0 radical (unpaired) electrons. The van der Waals surface area contributed by atoms with Crippen molar-refractivity contribution >= 4 is 38.8 Å². The molecule has 26 heavy (non-hydrogen) atoms. The standard InChI is InChI=1S/C18H18N4O3S/c1-12(18(23)20-13-7-3-5-9-15(13)22(24)25)21(2)11-17-19-14-8-4-6-10-16(14)26-17/h3-10,12H,11H2,1-2H3,(H,20,23)/p+1/t12-/m1/s1. The van der Waals surface area contributed by atoms with Gasteiger partial charge >= 0.3 is 0 Å². The fourth-order valence-electron chi connectivity index (χ4n) is 2.59. The molecule has 7 nitrogen and oxygen atoms in total. The lowest BCUT2D eigenvalue weighted by Crippen LogP contribution is -3.12. The number of quaternary nitrogens is 1. The summed E-state index contributed by atoms with van der Waals surface area (Å²) < 4.78 is 1.12. The smallest absolute Gasteiger partial charge is 0.292 e. The minimum atomic E-state index is -0.502. The largest absolute Gasteiger partial charge is 0.322 e. The minimum absolute atomic E-state index is 0.114. The highest BCUT2D eigenvalue weighted by Gasteiger charge is 2.25. The predicted molar refractivity (Wildman–Crippen MR) is 101 cm³/mol. The highest BCUT2D eigenvalue weighted by Crippen LogP contribution is 2.23. The molecule has 2 atom stereocenters. The van der Waals surface area contributed by atoms with Gasteiger partial charge in [-0.05, 0) is 25.1 Å². The highest BCUT2D eigenvalue weighted by atomic mass is 32.1. The Bertz CT molecular complexity index is 923. The maximum Gasteiger partial charge on any atom is 0.292 e. The van der Waals surface area contributed by atoms with E-state index in [0.717, 1.165) is 20.1 Å². The predicted octanol–water partition coefficient (Wildman–Crippen LogP) is 2.25. The Balaban J connectivity index is 1.69. The summed E-state index contributed by atoms with van der Waals surface area (Å²) in [6, 6.07) is 13.7. The maximum atomic E-state index is 12.5. The molecule has 2 N–H and O–H groups in total. The van der Waals surface area contributed by atoms with Gasteiger partial charge in [0, 0.05) is 6.07 Å². The molecule has 3 rings (SSSR count). The first-order valence-electron chi connectivity index (χ1n) is 8.16. The SMILES string of the molecule is C[C@H](C(=O)Nc1ccccc1[N+](=O)[O-])[NH+](C)Cc1nc2ccccc2s1. The number of nitro groups is 1. The zero-order valence-electron chi connectivity index (χ0n) is 14.4. The molecule has 1 heterocycles. The van der Waals surface area contributed by atoms with E-state index in [2.05, 4.69) is 10.3 Å². The number of fused-ring (bicyclic) bond motifs is 1. The number of nitrogens with zero attached hydrogens (tertiary/aromatic N) is 2. The maximum absolute atomic E-state index is 12.5. The van der Waals surface area contributed by atoms with Gasteiger partial charge in [0.2, 0.25) is 0 Å². The number of para-hydroxylation sites is 3. The van der Waals surface area contributed by atoms with Gasteiger partial charge in [-0.2, -0.15) is 0 Å².